The number of amides is 1. The second-order valence-electron chi connectivity index (χ2n) is 8.64. The molecule has 1 aromatic heterocycles. The fourth-order valence-corrected chi connectivity index (χ4v) is 4.88. The maximum atomic E-state index is 13.5. The molecule has 0 spiro atoms. The zero-order valence-electron chi connectivity index (χ0n) is 18.7. The van der Waals surface area contributed by atoms with Crippen LogP contribution >= 0.6 is 0 Å². The fraction of sp³-hybridized carbons (Fsp3) is 0.179. The van der Waals surface area contributed by atoms with Crippen molar-refractivity contribution in [1.82, 2.24) is 10.3 Å². The Hall–Kier alpha value is -4.06. The van der Waals surface area contributed by atoms with Crippen molar-refractivity contribution in [2.45, 2.75) is 31.6 Å². The monoisotopic (exact) mass is 453 g/mol. The van der Waals surface area contributed by atoms with Gasteiger partial charge in [0.05, 0.1) is 11.6 Å². The number of nitrogens with one attached hydrogen (secondary N) is 2. The Labute approximate surface area is 197 Å². The molecule has 1 amide bonds. The maximum absolute atomic E-state index is 13.5. The lowest BCUT2D eigenvalue weighted by atomic mass is 9.72. The number of nitrogens with zero attached hydrogens (tertiary/aromatic N) is 1. The van der Waals surface area contributed by atoms with Crippen LogP contribution in [0.3, 0.4) is 0 Å². The van der Waals surface area contributed by atoms with E-state index in [2.05, 4.69) is 15.6 Å². The van der Waals surface area contributed by atoms with Gasteiger partial charge in [-0.15, -0.1) is 0 Å². The third-order valence-electron chi connectivity index (χ3n) is 6.43. The van der Waals surface area contributed by atoms with Gasteiger partial charge in [0, 0.05) is 40.8 Å². The van der Waals surface area contributed by atoms with Crippen molar-refractivity contribution in [3.05, 3.63) is 119 Å². The van der Waals surface area contributed by atoms with Crippen molar-refractivity contribution in [2.24, 2.45) is 0 Å². The second-order valence-corrected chi connectivity index (χ2v) is 8.64. The summed E-state index contributed by atoms with van der Waals surface area (Å²) in [7, 11) is 0. The summed E-state index contributed by atoms with van der Waals surface area (Å²) in [6, 6.07) is 21.1. The summed E-state index contributed by atoms with van der Waals surface area (Å²) < 4.78 is 13.3. The largest absolute Gasteiger partial charge is 0.362 e. The van der Waals surface area contributed by atoms with Crippen molar-refractivity contribution < 1.29 is 14.0 Å². The predicted molar refractivity (Wildman–Crippen MR) is 128 cm³/mol. The van der Waals surface area contributed by atoms with E-state index in [1.165, 1.54) is 24.3 Å². The predicted octanol–water partition coefficient (Wildman–Crippen LogP) is 5.22. The normalized spacial score (nSPS) is 20.0. The van der Waals surface area contributed by atoms with E-state index in [4.69, 9.17) is 0 Å². The molecule has 0 saturated heterocycles. The molecule has 2 heterocycles. The Kier molecular flexibility index (Phi) is 5.80. The number of carbonyl (C=O) groups is 2. The molecule has 5 rings (SSSR count). The summed E-state index contributed by atoms with van der Waals surface area (Å²) in [5, 5.41) is 6.21. The number of aromatic nitrogens is 1. The van der Waals surface area contributed by atoms with Crippen molar-refractivity contribution in [2.75, 3.05) is 5.32 Å². The number of pyridine rings is 1. The summed E-state index contributed by atoms with van der Waals surface area (Å²) in [5.41, 5.74) is 4.80. The lowest BCUT2D eigenvalue weighted by Gasteiger charge is -2.36. The van der Waals surface area contributed by atoms with Crippen molar-refractivity contribution in [1.29, 1.82) is 0 Å². The number of Topliss-reactive ketones (excluding diaryl/α,β-unsaturated/α-hetero) is 1. The smallest absolute Gasteiger partial charge is 0.254 e. The van der Waals surface area contributed by atoms with Crippen LogP contribution in [-0.4, -0.2) is 16.7 Å². The first-order chi connectivity index (χ1) is 16.5. The lowest BCUT2D eigenvalue weighted by Crippen LogP contribution is -2.37. The molecular weight excluding hydrogens is 429 g/mol. The minimum atomic E-state index is -0.581. The number of anilines is 1. The van der Waals surface area contributed by atoms with E-state index in [-0.39, 0.29) is 23.4 Å². The van der Waals surface area contributed by atoms with Crippen molar-refractivity contribution in [3.8, 4) is 0 Å². The van der Waals surface area contributed by atoms with Gasteiger partial charge in [-0.05, 0) is 61.2 Å². The fourth-order valence-electron chi connectivity index (χ4n) is 4.88. The topological polar surface area (TPSA) is 71.1 Å². The standard InChI is InChI=1S/C28H24FN3O2/c1-17-25(28(34)32-21-12-10-20(29)11-13-21)27(22-9-5-6-14-30-22)26-23(31-17)15-19(16-24(26)33)18-7-3-2-4-8-18/h2-14,19,27,31H,15-16H2,1H3,(H,32,34)/t19-,27+/m0/s1. The van der Waals surface area contributed by atoms with Gasteiger partial charge in [0.25, 0.3) is 5.91 Å². The molecule has 1 aliphatic heterocycles. The van der Waals surface area contributed by atoms with Crippen LogP contribution in [0, 0.1) is 5.82 Å². The number of halogens is 1. The van der Waals surface area contributed by atoms with Crippen molar-refractivity contribution >= 4 is 17.4 Å². The van der Waals surface area contributed by atoms with Gasteiger partial charge in [0.2, 0.25) is 0 Å². The average molecular weight is 454 g/mol. The highest BCUT2D eigenvalue weighted by Gasteiger charge is 2.41. The molecule has 6 heteroatoms. The van der Waals surface area contributed by atoms with E-state index in [9.17, 15) is 14.0 Å². The number of hydrogen-bond donors (Lipinski definition) is 2. The summed E-state index contributed by atoms with van der Waals surface area (Å²) in [5.74, 6) is -1.22. The summed E-state index contributed by atoms with van der Waals surface area (Å²) in [6.07, 6.45) is 2.72. The van der Waals surface area contributed by atoms with Crippen LogP contribution in [0.5, 0.6) is 0 Å². The van der Waals surface area contributed by atoms with Crippen LogP contribution in [0.2, 0.25) is 0 Å². The van der Waals surface area contributed by atoms with E-state index in [1.54, 1.807) is 6.20 Å². The molecule has 2 aromatic carbocycles. The van der Waals surface area contributed by atoms with E-state index >= 15 is 0 Å². The molecule has 1 aliphatic carbocycles. The Morgan fingerprint density at radius 2 is 1.74 bits per heavy atom. The van der Waals surface area contributed by atoms with Crippen LogP contribution in [-0.2, 0) is 9.59 Å². The molecular formula is C28H24FN3O2. The highest BCUT2D eigenvalue weighted by molar-refractivity contribution is 6.09. The molecule has 2 aliphatic rings. The molecule has 0 fully saturated rings. The SMILES string of the molecule is CC1=C(C(=O)Nc2ccc(F)cc2)[C@@H](c2ccccn2)C2=C(C[C@H](c3ccccc3)CC2=O)N1. The quantitative estimate of drug-likeness (QED) is 0.568. The molecule has 0 radical (unpaired) electrons. The average Bonchev–Trinajstić information content (AvgIpc) is 2.85. The van der Waals surface area contributed by atoms with Crippen LogP contribution in [0.15, 0.2) is 102 Å². The molecule has 2 atom stereocenters. The first-order valence-electron chi connectivity index (χ1n) is 11.3. The van der Waals surface area contributed by atoms with Gasteiger partial charge in [-0.1, -0.05) is 36.4 Å². The van der Waals surface area contributed by atoms with E-state index in [1.807, 2.05) is 55.5 Å². The Balaban J connectivity index is 1.54. The minimum Gasteiger partial charge on any atom is -0.362 e. The van der Waals surface area contributed by atoms with Crippen LogP contribution in [0.25, 0.3) is 0 Å². The van der Waals surface area contributed by atoms with Crippen LogP contribution in [0.4, 0.5) is 10.1 Å². The highest BCUT2D eigenvalue weighted by Crippen LogP contribution is 2.45. The molecule has 0 bridgehead atoms. The van der Waals surface area contributed by atoms with Gasteiger partial charge in [-0.3, -0.25) is 14.6 Å². The first kappa shape index (κ1) is 21.8. The molecule has 34 heavy (non-hydrogen) atoms. The van der Waals surface area contributed by atoms with Crippen LogP contribution in [0.1, 0.15) is 42.9 Å². The first-order valence-corrected chi connectivity index (χ1v) is 11.3. The number of hydrogen-bond acceptors (Lipinski definition) is 4. The van der Waals surface area contributed by atoms with E-state index in [0.29, 0.717) is 41.1 Å². The molecule has 5 nitrogen and oxygen atoms in total. The number of dihydropyridines is 1. The molecule has 3 aromatic rings. The van der Waals surface area contributed by atoms with Gasteiger partial charge < -0.3 is 10.6 Å². The Morgan fingerprint density at radius 3 is 2.44 bits per heavy atom. The molecule has 0 unspecified atom stereocenters. The van der Waals surface area contributed by atoms with Crippen LogP contribution < -0.4 is 10.6 Å². The Bertz CT molecular complexity index is 1300. The molecule has 0 saturated carbocycles. The zero-order chi connectivity index (χ0) is 23.7. The minimum absolute atomic E-state index is 0.0119. The number of rotatable bonds is 4. The summed E-state index contributed by atoms with van der Waals surface area (Å²) in [4.78, 5) is 31.5. The maximum Gasteiger partial charge on any atom is 0.254 e. The third-order valence-corrected chi connectivity index (χ3v) is 6.43. The number of allylic oxidation sites excluding steroid dienone is 3. The van der Waals surface area contributed by atoms with Gasteiger partial charge in [0.15, 0.2) is 5.78 Å². The number of ketones is 1. The highest BCUT2D eigenvalue weighted by atomic mass is 19.1. The third kappa shape index (κ3) is 4.15. The lowest BCUT2D eigenvalue weighted by molar-refractivity contribution is -0.116. The van der Waals surface area contributed by atoms with Gasteiger partial charge in [-0.2, -0.15) is 0 Å². The van der Waals surface area contributed by atoms with Gasteiger partial charge >= 0.3 is 0 Å². The van der Waals surface area contributed by atoms with Gasteiger partial charge in [0.1, 0.15) is 5.82 Å². The van der Waals surface area contributed by atoms with Crippen molar-refractivity contribution in [3.63, 3.8) is 0 Å². The number of benzene rings is 2. The van der Waals surface area contributed by atoms with Gasteiger partial charge in [-0.25, -0.2) is 4.39 Å². The van der Waals surface area contributed by atoms with E-state index in [0.717, 1.165) is 11.3 Å². The molecule has 2 N–H and O–H groups in total. The van der Waals surface area contributed by atoms with E-state index < -0.39 is 5.92 Å². The zero-order valence-corrected chi connectivity index (χ0v) is 18.7. The summed E-state index contributed by atoms with van der Waals surface area (Å²) in [6.45, 7) is 1.84. The molecule has 170 valence electrons. The Morgan fingerprint density at radius 1 is 1.00 bits per heavy atom. The summed E-state index contributed by atoms with van der Waals surface area (Å²) >= 11 is 0. The number of carbonyl (C=O) groups excluding carboxylic acids is 2. The second kappa shape index (κ2) is 9.06.